The van der Waals surface area contributed by atoms with Crippen molar-refractivity contribution in [3.8, 4) is 11.8 Å². The molecule has 0 spiro atoms. The Hall–Kier alpha value is -3.55. The fourth-order valence-electron chi connectivity index (χ4n) is 2.99. The molecule has 166 valence electrons. The first-order chi connectivity index (χ1) is 16.0. The number of carbonyl (C=O) groups is 1. The molecule has 2 aromatic heterocycles. The number of hydrogen-bond acceptors (Lipinski definition) is 7. The summed E-state index contributed by atoms with van der Waals surface area (Å²) in [5.41, 5.74) is 2.28. The van der Waals surface area contributed by atoms with Gasteiger partial charge in [-0.2, -0.15) is 10.4 Å². The quantitative estimate of drug-likeness (QED) is 0.381. The monoisotopic (exact) mass is 475 g/mol. The van der Waals surface area contributed by atoms with E-state index in [-0.39, 0.29) is 11.7 Å². The zero-order valence-corrected chi connectivity index (χ0v) is 19.7. The number of hydrogen-bond donors (Lipinski definition) is 1. The van der Waals surface area contributed by atoms with Crippen molar-refractivity contribution in [2.45, 2.75) is 22.7 Å². The topological polar surface area (TPSA) is 101 Å². The molecule has 0 fully saturated rings. The van der Waals surface area contributed by atoms with Crippen molar-refractivity contribution < 1.29 is 4.79 Å². The van der Waals surface area contributed by atoms with Crippen LogP contribution < -0.4 is 5.32 Å². The fraction of sp³-hybridized carbons (Fsp3) is 0.174. The lowest BCUT2D eigenvalue weighted by molar-refractivity contribution is -0.113. The van der Waals surface area contributed by atoms with Crippen molar-refractivity contribution in [1.82, 2.24) is 24.5 Å². The van der Waals surface area contributed by atoms with Crippen LogP contribution in [0, 0.1) is 18.3 Å². The third-order valence-corrected chi connectivity index (χ3v) is 6.82. The third kappa shape index (κ3) is 5.45. The van der Waals surface area contributed by atoms with E-state index in [2.05, 4.69) is 57.9 Å². The lowest BCUT2D eigenvalue weighted by atomic mass is 10.2. The van der Waals surface area contributed by atoms with Gasteiger partial charge in [-0.3, -0.25) is 4.79 Å². The van der Waals surface area contributed by atoms with E-state index in [1.54, 1.807) is 16.4 Å². The lowest BCUT2D eigenvalue weighted by Gasteiger charge is -2.09. The number of benzene rings is 2. The van der Waals surface area contributed by atoms with Crippen LogP contribution in [-0.4, -0.2) is 36.2 Å². The fourth-order valence-corrected chi connectivity index (χ4v) is 4.60. The molecule has 0 atom stereocenters. The van der Waals surface area contributed by atoms with E-state index in [0.29, 0.717) is 22.3 Å². The van der Waals surface area contributed by atoms with Gasteiger partial charge in [-0.15, -0.1) is 22.0 Å². The molecule has 0 radical (unpaired) electrons. The van der Waals surface area contributed by atoms with Gasteiger partial charge in [0, 0.05) is 11.9 Å². The van der Waals surface area contributed by atoms with Crippen LogP contribution in [0.5, 0.6) is 0 Å². The van der Waals surface area contributed by atoms with Crippen molar-refractivity contribution in [3.05, 3.63) is 77.7 Å². The molecule has 0 aliphatic heterocycles. The Balaban J connectivity index is 1.38. The lowest BCUT2D eigenvalue weighted by Crippen LogP contribution is -2.18. The number of rotatable bonds is 8. The number of anilines is 1. The number of para-hydroxylation sites is 1. The molecule has 0 bridgehead atoms. The number of nitriles is 1. The Morgan fingerprint density at radius 3 is 2.58 bits per heavy atom. The highest BCUT2D eigenvalue weighted by atomic mass is 32.2. The molecule has 10 heteroatoms. The summed E-state index contributed by atoms with van der Waals surface area (Å²) in [6, 6.07) is 19.8. The molecule has 33 heavy (non-hydrogen) atoms. The first-order valence-corrected chi connectivity index (χ1v) is 12.1. The smallest absolute Gasteiger partial charge is 0.236 e. The van der Waals surface area contributed by atoms with Gasteiger partial charge in [0.1, 0.15) is 17.5 Å². The number of aromatic nitrogens is 5. The minimum Gasteiger partial charge on any atom is -0.309 e. The summed E-state index contributed by atoms with van der Waals surface area (Å²) in [6.07, 6.45) is 1.44. The van der Waals surface area contributed by atoms with Crippen molar-refractivity contribution >= 4 is 35.2 Å². The molecule has 1 amide bonds. The van der Waals surface area contributed by atoms with Crippen LogP contribution in [0.2, 0.25) is 0 Å². The average molecular weight is 476 g/mol. The maximum absolute atomic E-state index is 12.6. The van der Waals surface area contributed by atoms with Gasteiger partial charge >= 0.3 is 0 Å². The Morgan fingerprint density at radius 2 is 1.85 bits per heavy atom. The standard InChI is InChI=1S/C23H21N7OS2/c1-16-8-10-19(11-9-16)32-14-20-27-28-23(29(20)2)33-15-21(31)26-22-17(12-24)13-25-30(22)18-6-4-3-5-7-18/h3-11,13H,14-15H2,1-2H3,(H,26,31). The predicted octanol–water partition coefficient (Wildman–Crippen LogP) is 4.20. The number of amides is 1. The third-order valence-electron chi connectivity index (χ3n) is 4.79. The Kier molecular flexibility index (Phi) is 7.12. The predicted molar refractivity (Wildman–Crippen MR) is 129 cm³/mol. The molecule has 0 unspecified atom stereocenters. The molecular weight excluding hydrogens is 454 g/mol. The maximum atomic E-state index is 12.6. The maximum Gasteiger partial charge on any atom is 0.236 e. The molecule has 2 aromatic carbocycles. The molecule has 0 aliphatic carbocycles. The molecule has 2 heterocycles. The summed E-state index contributed by atoms with van der Waals surface area (Å²) in [5, 5.41) is 25.6. The Labute approximate surface area is 200 Å². The first-order valence-electron chi connectivity index (χ1n) is 10.1. The second-order valence-corrected chi connectivity index (χ2v) is 9.15. The van der Waals surface area contributed by atoms with Crippen LogP contribution in [0.4, 0.5) is 5.82 Å². The van der Waals surface area contributed by atoms with Crippen LogP contribution in [0.1, 0.15) is 17.0 Å². The van der Waals surface area contributed by atoms with Crippen LogP contribution >= 0.6 is 23.5 Å². The number of thioether (sulfide) groups is 2. The van der Waals surface area contributed by atoms with E-state index in [1.165, 1.54) is 28.4 Å². The van der Waals surface area contributed by atoms with E-state index in [1.807, 2.05) is 41.9 Å². The number of aryl methyl sites for hydroxylation is 1. The van der Waals surface area contributed by atoms with Crippen molar-refractivity contribution in [1.29, 1.82) is 5.26 Å². The summed E-state index contributed by atoms with van der Waals surface area (Å²) < 4.78 is 3.44. The van der Waals surface area contributed by atoms with E-state index < -0.39 is 0 Å². The van der Waals surface area contributed by atoms with Gasteiger partial charge in [0.05, 0.1) is 23.4 Å². The second kappa shape index (κ2) is 10.4. The highest BCUT2D eigenvalue weighted by Crippen LogP contribution is 2.25. The number of carbonyl (C=O) groups excluding carboxylic acids is 1. The Bertz CT molecular complexity index is 1290. The van der Waals surface area contributed by atoms with E-state index in [0.717, 1.165) is 11.5 Å². The zero-order chi connectivity index (χ0) is 23.2. The van der Waals surface area contributed by atoms with Crippen LogP contribution in [0.3, 0.4) is 0 Å². The molecule has 4 aromatic rings. The van der Waals surface area contributed by atoms with E-state index >= 15 is 0 Å². The molecule has 0 saturated carbocycles. The average Bonchev–Trinajstić information content (AvgIpc) is 3.40. The van der Waals surface area contributed by atoms with Crippen molar-refractivity contribution in [2.24, 2.45) is 7.05 Å². The molecule has 8 nitrogen and oxygen atoms in total. The van der Waals surface area contributed by atoms with Crippen molar-refractivity contribution in [3.63, 3.8) is 0 Å². The van der Waals surface area contributed by atoms with Gasteiger partial charge in [-0.05, 0) is 31.2 Å². The molecule has 0 saturated heterocycles. The Morgan fingerprint density at radius 1 is 1.09 bits per heavy atom. The highest BCUT2D eigenvalue weighted by molar-refractivity contribution is 7.99. The molecule has 1 N–H and O–H groups in total. The summed E-state index contributed by atoms with van der Waals surface area (Å²) in [4.78, 5) is 13.8. The summed E-state index contributed by atoms with van der Waals surface area (Å²) in [5.74, 6) is 1.73. The van der Waals surface area contributed by atoms with Gasteiger partial charge in [-0.1, -0.05) is 47.7 Å². The molecule has 4 rings (SSSR count). The van der Waals surface area contributed by atoms with Gasteiger partial charge < -0.3 is 9.88 Å². The van der Waals surface area contributed by atoms with Gasteiger partial charge in [0.15, 0.2) is 11.0 Å². The largest absolute Gasteiger partial charge is 0.309 e. The summed E-state index contributed by atoms with van der Waals surface area (Å²) in [7, 11) is 1.89. The summed E-state index contributed by atoms with van der Waals surface area (Å²) in [6.45, 7) is 2.06. The van der Waals surface area contributed by atoms with E-state index in [4.69, 9.17) is 0 Å². The van der Waals surface area contributed by atoms with Crippen LogP contribution in [-0.2, 0) is 17.6 Å². The number of nitrogens with one attached hydrogen (secondary N) is 1. The second-order valence-electron chi connectivity index (χ2n) is 7.16. The molecular formula is C23H21N7OS2. The highest BCUT2D eigenvalue weighted by Gasteiger charge is 2.17. The molecule has 0 aliphatic rings. The van der Waals surface area contributed by atoms with Gasteiger partial charge in [0.25, 0.3) is 0 Å². The minimum absolute atomic E-state index is 0.127. The van der Waals surface area contributed by atoms with Gasteiger partial charge in [0.2, 0.25) is 5.91 Å². The van der Waals surface area contributed by atoms with Crippen LogP contribution in [0.15, 0.2) is 70.8 Å². The SMILES string of the molecule is Cc1ccc(SCc2nnc(SCC(=O)Nc3c(C#N)cnn3-c3ccccc3)n2C)cc1. The van der Waals surface area contributed by atoms with Gasteiger partial charge in [-0.25, -0.2) is 4.68 Å². The first kappa shape index (κ1) is 22.6. The van der Waals surface area contributed by atoms with Crippen LogP contribution in [0.25, 0.3) is 5.69 Å². The number of nitrogens with zero attached hydrogens (tertiary/aromatic N) is 6. The van der Waals surface area contributed by atoms with Crippen molar-refractivity contribution in [2.75, 3.05) is 11.1 Å². The summed E-state index contributed by atoms with van der Waals surface area (Å²) >= 11 is 2.98. The minimum atomic E-state index is -0.257. The zero-order valence-electron chi connectivity index (χ0n) is 18.1. The normalized spacial score (nSPS) is 10.7. The van der Waals surface area contributed by atoms with E-state index in [9.17, 15) is 10.1 Å².